The number of rotatable bonds is 4. The molecule has 2 nitrogen and oxygen atoms in total. The summed E-state index contributed by atoms with van der Waals surface area (Å²) in [6, 6.07) is 0.879. The molecule has 2 unspecified atom stereocenters. The first kappa shape index (κ1) is 11.4. The summed E-state index contributed by atoms with van der Waals surface area (Å²) in [5.41, 5.74) is 5.83. The third-order valence-electron chi connectivity index (χ3n) is 4.59. The van der Waals surface area contributed by atoms with Crippen molar-refractivity contribution in [2.75, 3.05) is 20.1 Å². The van der Waals surface area contributed by atoms with E-state index in [0.717, 1.165) is 24.4 Å². The lowest BCUT2D eigenvalue weighted by Gasteiger charge is -2.29. The summed E-state index contributed by atoms with van der Waals surface area (Å²) < 4.78 is 0. The van der Waals surface area contributed by atoms with Crippen LogP contribution in [0.15, 0.2) is 0 Å². The average Bonchev–Trinajstić information content (AvgIpc) is 2.87. The van der Waals surface area contributed by atoms with Crippen LogP contribution in [-0.2, 0) is 0 Å². The second kappa shape index (κ2) is 5.31. The Balaban J connectivity index is 1.79. The van der Waals surface area contributed by atoms with E-state index < -0.39 is 0 Å². The molecule has 0 aromatic carbocycles. The first-order valence-corrected chi connectivity index (χ1v) is 6.71. The van der Waals surface area contributed by atoms with Crippen molar-refractivity contribution >= 4 is 0 Å². The summed E-state index contributed by atoms with van der Waals surface area (Å²) in [5, 5.41) is 0. The van der Waals surface area contributed by atoms with E-state index in [-0.39, 0.29) is 0 Å². The van der Waals surface area contributed by atoms with Crippen molar-refractivity contribution in [1.82, 2.24) is 4.90 Å². The summed E-state index contributed by atoms with van der Waals surface area (Å²) in [6.07, 6.45) is 9.94. The Kier molecular flexibility index (Phi) is 4.04. The summed E-state index contributed by atoms with van der Waals surface area (Å²) in [5.74, 6) is 1.70. The van der Waals surface area contributed by atoms with Gasteiger partial charge in [-0.3, -0.25) is 0 Å². The number of nitrogens with two attached hydrogens (primary N) is 1. The van der Waals surface area contributed by atoms with Crippen LogP contribution in [0.1, 0.15) is 44.9 Å². The molecule has 2 heteroatoms. The van der Waals surface area contributed by atoms with Crippen molar-refractivity contribution in [3.05, 3.63) is 0 Å². The predicted molar refractivity (Wildman–Crippen MR) is 64.8 cm³/mol. The number of nitrogens with zero attached hydrogens (tertiary/aromatic N) is 1. The summed E-state index contributed by atoms with van der Waals surface area (Å²) in [7, 11) is 2.32. The van der Waals surface area contributed by atoms with E-state index in [1.165, 1.54) is 51.5 Å². The molecule has 2 N–H and O–H groups in total. The van der Waals surface area contributed by atoms with Crippen LogP contribution in [-0.4, -0.2) is 31.1 Å². The van der Waals surface area contributed by atoms with Crippen LogP contribution in [0.3, 0.4) is 0 Å². The fourth-order valence-corrected chi connectivity index (χ4v) is 3.53. The van der Waals surface area contributed by atoms with E-state index in [1.54, 1.807) is 0 Å². The zero-order valence-electron chi connectivity index (χ0n) is 10.1. The van der Waals surface area contributed by atoms with Crippen LogP contribution in [0.5, 0.6) is 0 Å². The van der Waals surface area contributed by atoms with Crippen molar-refractivity contribution in [1.29, 1.82) is 0 Å². The molecule has 0 aromatic heterocycles. The second-order valence-corrected chi connectivity index (χ2v) is 5.56. The fourth-order valence-electron chi connectivity index (χ4n) is 3.53. The van der Waals surface area contributed by atoms with Gasteiger partial charge in [-0.15, -0.1) is 0 Å². The summed E-state index contributed by atoms with van der Waals surface area (Å²) in [4.78, 5) is 2.62. The van der Waals surface area contributed by atoms with Gasteiger partial charge in [-0.25, -0.2) is 0 Å². The SMILES string of the molecule is CN(CC1CCCC1CN)C1CCCC1. The molecule has 2 saturated carbocycles. The van der Waals surface area contributed by atoms with Gasteiger partial charge in [0.05, 0.1) is 0 Å². The Morgan fingerprint density at radius 3 is 2.33 bits per heavy atom. The molecular formula is C13H26N2. The Labute approximate surface area is 94.2 Å². The molecule has 0 bridgehead atoms. The van der Waals surface area contributed by atoms with Crippen molar-refractivity contribution in [2.45, 2.75) is 51.0 Å². The van der Waals surface area contributed by atoms with E-state index in [2.05, 4.69) is 11.9 Å². The molecule has 0 aliphatic heterocycles. The van der Waals surface area contributed by atoms with Crippen LogP contribution >= 0.6 is 0 Å². The van der Waals surface area contributed by atoms with Crippen molar-refractivity contribution in [2.24, 2.45) is 17.6 Å². The fraction of sp³-hybridized carbons (Fsp3) is 1.00. The lowest BCUT2D eigenvalue weighted by molar-refractivity contribution is 0.188. The third kappa shape index (κ3) is 2.73. The Morgan fingerprint density at radius 2 is 1.67 bits per heavy atom. The van der Waals surface area contributed by atoms with Gasteiger partial charge in [0.15, 0.2) is 0 Å². The quantitative estimate of drug-likeness (QED) is 0.771. The molecule has 2 fully saturated rings. The van der Waals surface area contributed by atoms with Crippen molar-refractivity contribution in [3.63, 3.8) is 0 Å². The Morgan fingerprint density at radius 1 is 1.00 bits per heavy atom. The molecule has 0 amide bonds. The normalized spacial score (nSPS) is 33.0. The maximum Gasteiger partial charge on any atom is 0.00923 e. The lowest BCUT2D eigenvalue weighted by Crippen LogP contribution is -2.36. The summed E-state index contributed by atoms with van der Waals surface area (Å²) in [6.45, 7) is 2.20. The summed E-state index contributed by atoms with van der Waals surface area (Å²) >= 11 is 0. The highest BCUT2D eigenvalue weighted by atomic mass is 15.1. The minimum atomic E-state index is 0.814. The smallest absolute Gasteiger partial charge is 0.00923 e. The van der Waals surface area contributed by atoms with Crippen LogP contribution in [0.4, 0.5) is 0 Å². The van der Waals surface area contributed by atoms with E-state index in [9.17, 15) is 0 Å². The monoisotopic (exact) mass is 210 g/mol. The van der Waals surface area contributed by atoms with E-state index in [4.69, 9.17) is 5.73 Å². The highest BCUT2D eigenvalue weighted by molar-refractivity contribution is 4.83. The van der Waals surface area contributed by atoms with Gasteiger partial charge < -0.3 is 10.6 Å². The van der Waals surface area contributed by atoms with Gasteiger partial charge >= 0.3 is 0 Å². The molecule has 0 aromatic rings. The van der Waals surface area contributed by atoms with E-state index >= 15 is 0 Å². The second-order valence-electron chi connectivity index (χ2n) is 5.56. The van der Waals surface area contributed by atoms with Gasteiger partial charge in [0, 0.05) is 12.6 Å². The average molecular weight is 210 g/mol. The largest absolute Gasteiger partial charge is 0.330 e. The van der Waals surface area contributed by atoms with Gasteiger partial charge in [-0.05, 0) is 51.1 Å². The molecule has 15 heavy (non-hydrogen) atoms. The molecule has 0 saturated heterocycles. The Bertz CT molecular complexity index is 187. The van der Waals surface area contributed by atoms with Crippen LogP contribution < -0.4 is 5.73 Å². The highest BCUT2D eigenvalue weighted by Gasteiger charge is 2.29. The molecule has 88 valence electrons. The third-order valence-corrected chi connectivity index (χ3v) is 4.59. The minimum absolute atomic E-state index is 0.814. The van der Waals surface area contributed by atoms with E-state index in [1.807, 2.05) is 0 Å². The van der Waals surface area contributed by atoms with Gasteiger partial charge in [0.25, 0.3) is 0 Å². The van der Waals surface area contributed by atoms with E-state index in [0.29, 0.717) is 0 Å². The van der Waals surface area contributed by atoms with Gasteiger partial charge in [-0.2, -0.15) is 0 Å². The van der Waals surface area contributed by atoms with Gasteiger partial charge in [-0.1, -0.05) is 19.3 Å². The van der Waals surface area contributed by atoms with Crippen molar-refractivity contribution < 1.29 is 0 Å². The molecule has 0 radical (unpaired) electrons. The number of hydrogen-bond donors (Lipinski definition) is 1. The molecule has 2 aliphatic rings. The standard InChI is InChI=1S/C13H26N2/c1-15(13-7-2-3-8-13)10-12-6-4-5-11(12)9-14/h11-13H,2-10,14H2,1H3. The zero-order valence-corrected chi connectivity index (χ0v) is 10.1. The van der Waals surface area contributed by atoms with Gasteiger partial charge in [0.2, 0.25) is 0 Å². The topological polar surface area (TPSA) is 29.3 Å². The zero-order chi connectivity index (χ0) is 10.7. The maximum absolute atomic E-state index is 5.83. The molecule has 0 spiro atoms. The molecule has 2 rings (SSSR count). The first-order valence-electron chi connectivity index (χ1n) is 6.71. The highest BCUT2D eigenvalue weighted by Crippen LogP contribution is 2.33. The number of hydrogen-bond acceptors (Lipinski definition) is 2. The predicted octanol–water partition coefficient (Wildman–Crippen LogP) is 2.24. The van der Waals surface area contributed by atoms with Crippen LogP contribution in [0.2, 0.25) is 0 Å². The molecular weight excluding hydrogens is 184 g/mol. The minimum Gasteiger partial charge on any atom is -0.330 e. The molecule has 2 atom stereocenters. The molecule has 0 heterocycles. The Hall–Kier alpha value is -0.0800. The maximum atomic E-state index is 5.83. The van der Waals surface area contributed by atoms with Gasteiger partial charge in [0.1, 0.15) is 0 Å². The first-order chi connectivity index (χ1) is 7.31. The lowest BCUT2D eigenvalue weighted by atomic mass is 9.95. The van der Waals surface area contributed by atoms with Crippen molar-refractivity contribution in [3.8, 4) is 0 Å². The van der Waals surface area contributed by atoms with Crippen LogP contribution in [0, 0.1) is 11.8 Å². The molecule has 2 aliphatic carbocycles. The van der Waals surface area contributed by atoms with Crippen LogP contribution in [0.25, 0.3) is 0 Å².